The van der Waals surface area contributed by atoms with Gasteiger partial charge in [-0.1, -0.05) is 73.0 Å². The van der Waals surface area contributed by atoms with Gasteiger partial charge in [-0.05, 0) is 42.9 Å². The van der Waals surface area contributed by atoms with E-state index in [9.17, 15) is 9.90 Å². The maximum absolute atomic E-state index is 12.3. The number of likely N-dealkylation sites (tertiary alicyclic amines) is 1. The average Bonchev–Trinajstić information content (AvgIpc) is 3.38. The molecule has 1 N–H and O–H groups in total. The smallest absolute Gasteiger partial charge is 0.338 e. The number of β-amino-alcohol motifs (C(OH)–C–C–N with tert-alkyl or cyclic N) is 1. The molecular formula is C28H34N4O3. The van der Waals surface area contributed by atoms with Gasteiger partial charge in [-0.25, -0.2) is 9.48 Å². The van der Waals surface area contributed by atoms with Gasteiger partial charge >= 0.3 is 5.97 Å². The maximum Gasteiger partial charge on any atom is 0.338 e. The molecule has 1 aromatic heterocycles. The number of hydrogen-bond donors (Lipinski definition) is 1. The molecular weight excluding hydrogens is 440 g/mol. The number of hydrogen-bond acceptors (Lipinski definition) is 6. The number of nitrogens with zero attached hydrogens (tertiary/aromatic N) is 4. The lowest BCUT2D eigenvalue weighted by Gasteiger charge is -2.44. The van der Waals surface area contributed by atoms with E-state index in [1.54, 1.807) is 35.1 Å². The normalized spacial score (nSPS) is 23.7. The van der Waals surface area contributed by atoms with Gasteiger partial charge in [0.25, 0.3) is 0 Å². The predicted octanol–water partition coefficient (Wildman–Crippen LogP) is 4.56. The van der Waals surface area contributed by atoms with Crippen LogP contribution in [0, 0.1) is 5.92 Å². The van der Waals surface area contributed by atoms with Crippen LogP contribution in [-0.4, -0.2) is 50.2 Å². The van der Waals surface area contributed by atoms with E-state index in [4.69, 9.17) is 4.74 Å². The summed E-state index contributed by atoms with van der Waals surface area (Å²) in [5, 5.41) is 19.7. The molecule has 0 spiro atoms. The van der Waals surface area contributed by atoms with Crippen molar-refractivity contribution >= 4 is 5.97 Å². The van der Waals surface area contributed by atoms with Crippen LogP contribution in [0.2, 0.25) is 0 Å². The first-order chi connectivity index (χ1) is 17.2. The summed E-state index contributed by atoms with van der Waals surface area (Å²) in [4.78, 5) is 14.7. The Morgan fingerprint density at radius 2 is 1.71 bits per heavy atom. The van der Waals surface area contributed by atoms with Crippen LogP contribution < -0.4 is 0 Å². The molecule has 1 saturated heterocycles. The lowest BCUT2D eigenvalue weighted by atomic mass is 9.85. The summed E-state index contributed by atoms with van der Waals surface area (Å²) in [6.07, 6.45) is 8.55. The monoisotopic (exact) mass is 474 g/mol. The van der Waals surface area contributed by atoms with Gasteiger partial charge < -0.3 is 9.84 Å². The molecule has 1 aliphatic carbocycles. The van der Waals surface area contributed by atoms with E-state index in [1.165, 1.54) is 37.7 Å². The lowest BCUT2D eigenvalue weighted by Crippen LogP contribution is -2.48. The lowest BCUT2D eigenvalue weighted by molar-refractivity contribution is -0.0182. The van der Waals surface area contributed by atoms with Gasteiger partial charge in [0.1, 0.15) is 12.3 Å². The molecule has 2 heterocycles. The highest BCUT2D eigenvalue weighted by molar-refractivity contribution is 5.89. The van der Waals surface area contributed by atoms with E-state index in [0.29, 0.717) is 23.7 Å². The summed E-state index contributed by atoms with van der Waals surface area (Å²) in [6, 6.07) is 19.5. The molecule has 2 aromatic carbocycles. The number of rotatable bonds is 7. The number of aromatic nitrogens is 3. The highest BCUT2D eigenvalue weighted by atomic mass is 16.5. The zero-order valence-corrected chi connectivity index (χ0v) is 20.1. The summed E-state index contributed by atoms with van der Waals surface area (Å²) in [5.74, 6) is 0.316. The van der Waals surface area contributed by atoms with Crippen molar-refractivity contribution in [2.45, 2.75) is 63.3 Å². The van der Waals surface area contributed by atoms with Gasteiger partial charge in [-0.3, -0.25) is 4.90 Å². The Balaban J connectivity index is 1.27. The predicted molar refractivity (Wildman–Crippen MR) is 133 cm³/mol. The minimum Gasteiger partial charge on any atom is -0.455 e. The van der Waals surface area contributed by atoms with Crippen LogP contribution in [0.1, 0.15) is 72.2 Å². The number of piperidine rings is 1. The number of carbonyl (C=O) groups excluding carboxylic acids is 1. The molecule has 7 nitrogen and oxygen atoms in total. The van der Waals surface area contributed by atoms with Crippen molar-refractivity contribution in [3.8, 4) is 0 Å². The molecule has 0 bridgehead atoms. The van der Waals surface area contributed by atoms with Crippen LogP contribution in [0.25, 0.3) is 0 Å². The summed E-state index contributed by atoms with van der Waals surface area (Å²) in [6.45, 7) is 1.69. The zero-order chi connectivity index (χ0) is 24.0. The Morgan fingerprint density at radius 3 is 2.46 bits per heavy atom. The fraction of sp³-hybridized carbons (Fsp3) is 0.464. The number of aliphatic hydroxyl groups excluding tert-OH is 1. The Bertz CT molecular complexity index is 1080. The van der Waals surface area contributed by atoms with Crippen LogP contribution >= 0.6 is 0 Å². The second kappa shape index (κ2) is 11.1. The molecule has 7 heteroatoms. The third kappa shape index (κ3) is 5.80. The standard InChI is InChI=1S/C28H34N4O3/c33-27-19-31(17-21-10-4-1-5-11-21)25(22-12-6-2-7-13-22)16-26(27)32-18-24(29-30-32)20-35-28(34)23-14-8-3-9-15-23/h2-3,6-9,12-15,18,21,25-27,33H,1,4-5,10-11,16-17,19-20H2/t25-,26+,27-/m1/s1. The molecule has 1 saturated carbocycles. The topological polar surface area (TPSA) is 80.5 Å². The first-order valence-corrected chi connectivity index (χ1v) is 12.8. The van der Waals surface area contributed by atoms with Crippen molar-refractivity contribution in [1.82, 2.24) is 19.9 Å². The van der Waals surface area contributed by atoms with E-state index in [2.05, 4.69) is 39.5 Å². The number of carbonyl (C=O) groups is 1. The average molecular weight is 475 g/mol. The maximum atomic E-state index is 12.3. The van der Waals surface area contributed by atoms with E-state index in [1.807, 2.05) is 12.1 Å². The molecule has 1 aliphatic heterocycles. The fourth-order valence-corrected chi connectivity index (χ4v) is 5.57. The summed E-state index contributed by atoms with van der Waals surface area (Å²) >= 11 is 0. The molecule has 2 aliphatic rings. The largest absolute Gasteiger partial charge is 0.455 e. The van der Waals surface area contributed by atoms with Crippen LogP contribution in [0.5, 0.6) is 0 Å². The van der Waals surface area contributed by atoms with Crippen LogP contribution in [-0.2, 0) is 11.3 Å². The molecule has 5 rings (SSSR count). The summed E-state index contributed by atoms with van der Waals surface area (Å²) in [5.41, 5.74) is 2.35. The van der Waals surface area contributed by atoms with Crippen LogP contribution in [0.15, 0.2) is 66.9 Å². The van der Waals surface area contributed by atoms with Crippen molar-refractivity contribution in [1.29, 1.82) is 0 Å². The quantitative estimate of drug-likeness (QED) is 0.506. The SMILES string of the molecule is O=C(OCc1cn([C@H]2C[C@H](c3ccccc3)N(CC3CCCCC3)C[C@H]2O)nn1)c1ccccc1. The molecule has 0 unspecified atom stereocenters. The van der Waals surface area contributed by atoms with Crippen molar-refractivity contribution in [3.05, 3.63) is 83.7 Å². The van der Waals surface area contributed by atoms with E-state index in [0.717, 1.165) is 13.0 Å². The van der Waals surface area contributed by atoms with E-state index >= 15 is 0 Å². The molecule has 2 fully saturated rings. The van der Waals surface area contributed by atoms with Gasteiger partial charge in [-0.15, -0.1) is 5.10 Å². The minimum atomic E-state index is -0.542. The molecule has 0 radical (unpaired) electrons. The van der Waals surface area contributed by atoms with E-state index in [-0.39, 0.29) is 24.7 Å². The van der Waals surface area contributed by atoms with Gasteiger partial charge in [0, 0.05) is 19.1 Å². The molecule has 0 amide bonds. The fourth-order valence-electron chi connectivity index (χ4n) is 5.57. The van der Waals surface area contributed by atoms with Gasteiger partial charge in [-0.2, -0.15) is 0 Å². The van der Waals surface area contributed by atoms with Crippen molar-refractivity contribution in [3.63, 3.8) is 0 Å². The third-order valence-corrected chi connectivity index (χ3v) is 7.43. The van der Waals surface area contributed by atoms with Gasteiger partial charge in [0.2, 0.25) is 0 Å². The Hall–Kier alpha value is -3.03. The molecule has 3 atom stereocenters. The van der Waals surface area contributed by atoms with E-state index < -0.39 is 6.10 Å². The zero-order valence-electron chi connectivity index (χ0n) is 20.1. The van der Waals surface area contributed by atoms with Crippen LogP contribution in [0.3, 0.4) is 0 Å². The summed E-state index contributed by atoms with van der Waals surface area (Å²) in [7, 11) is 0. The van der Waals surface area contributed by atoms with Crippen molar-refractivity contribution in [2.75, 3.05) is 13.1 Å². The highest BCUT2D eigenvalue weighted by Crippen LogP contribution is 2.38. The Morgan fingerprint density at radius 1 is 1.00 bits per heavy atom. The van der Waals surface area contributed by atoms with Gasteiger partial charge in [0.05, 0.1) is 23.9 Å². The molecule has 3 aromatic rings. The number of aliphatic hydroxyl groups is 1. The number of benzene rings is 2. The first-order valence-electron chi connectivity index (χ1n) is 12.8. The highest BCUT2D eigenvalue weighted by Gasteiger charge is 2.38. The third-order valence-electron chi connectivity index (χ3n) is 7.43. The Labute approximate surface area is 206 Å². The molecule has 184 valence electrons. The molecule has 35 heavy (non-hydrogen) atoms. The minimum absolute atomic E-state index is 0.0481. The van der Waals surface area contributed by atoms with Crippen molar-refractivity contribution < 1.29 is 14.6 Å². The number of esters is 1. The van der Waals surface area contributed by atoms with Gasteiger partial charge in [0.15, 0.2) is 0 Å². The van der Waals surface area contributed by atoms with Crippen molar-refractivity contribution in [2.24, 2.45) is 5.92 Å². The Kier molecular flexibility index (Phi) is 7.54. The summed E-state index contributed by atoms with van der Waals surface area (Å²) < 4.78 is 7.16. The number of ether oxygens (including phenoxy) is 1. The second-order valence-electron chi connectivity index (χ2n) is 9.89. The van der Waals surface area contributed by atoms with Crippen LogP contribution in [0.4, 0.5) is 0 Å². The first kappa shape index (κ1) is 23.7. The second-order valence-corrected chi connectivity index (χ2v) is 9.89.